The third-order valence-electron chi connectivity index (χ3n) is 1.50. The average Bonchev–Trinajstić information content (AvgIpc) is 2.67. The number of hydrogen-bond acceptors (Lipinski definition) is 3. The summed E-state index contributed by atoms with van der Waals surface area (Å²) in [5.74, 6) is -7.90. The number of rotatable bonds is 4. The van der Waals surface area contributed by atoms with Crippen LogP contribution in [0.3, 0.4) is 0 Å². The van der Waals surface area contributed by atoms with Crippen molar-refractivity contribution in [1.82, 2.24) is 0 Å². The number of hydrogen-bond donors (Lipinski definition) is 0. The molecule has 0 saturated heterocycles. The number of halogens is 3. The first-order valence-corrected chi connectivity index (χ1v) is 4.43. The van der Waals surface area contributed by atoms with Gasteiger partial charge in [-0.3, -0.25) is 9.59 Å². The molecule has 0 bridgehead atoms. The molecule has 2 nitrogen and oxygen atoms in total. The summed E-state index contributed by atoms with van der Waals surface area (Å²) in [7, 11) is 0. The van der Waals surface area contributed by atoms with E-state index in [2.05, 4.69) is 0 Å². The van der Waals surface area contributed by atoms with E-state index >= 15 is 0 Å². The number of alkyl halides is 3. The van der Waals surface area contributed by atoms with Crippen LogP contribution in [0.25, 0.3) is 0 Å². The van der Waals surface area contributed by atoms with Crippen molar-refractivity contribution < 1.29 is 22.8 Å². The molecule has 0 aliphatic carbocycles. The topological polar surface area (TPSA) is 34.1 Å². The van der Waals surface area contributed by atoms with Crippen LogP contribution in [-0.4, -0.2) is 75.5 Å². The molecule has 0 unspecified atom stereocenters. The molecule has 1 heterocycles. The summed E-state index contributed by atoms with van der Waals surface area (Å²) in [6, 6.07) is 2.56. The second kappa shape index (κ2) is 6.26. The first-order valence-electron chi connectivity index (χ1n) is 3.55. The first-order chi connectivity index (χ1) is 6.50. The SMILES string of the molecule is O=C(CF)C(F)(F)C(=O)c1cccs1.[KH]. The van der Waals surface area contributed by atoms with E-state index in [1.54, 1.807) is 0 Å². The summed E-state index contributed by atoms with van der Waals surface area (Å²) in [5, 5.41) is 1.42. The first kappa shape index (κ1) is 15.5. The summed E-state index contributed by atoms with van der Waals surface area (Å²) in [5.41, 5.74) is 0. The standard InChI is InChI=1S/C8H5F3O2S.K.H/c9-4-6(12)8(10,11)7(13)5-2-1-3-14-5;;/h1-3H,4H2;;. The molecule has 0 amide bonds. The van der Waals surface area contributed by atoms with Crippen LogP contribution in [0.5, 0.6) is 0 Å². The number of Topliss-reactive ketones (excluding diaryl/α,β-unsaturated/α-hetero) is 2. The van der Waals surface area contributed by atoms with Crippen LogP contribution >= 0.6 is 11.3 Å². The summed E-state index contributed by atoms with van der Waals surface area (Å²) in [6.45, 7) is -1.84. The number of ketones is 2. The van der Waals surface area contributed by atoms with Crippen molar-refractivity contribution in [3.05, 3.63) is 22.4 Å². The van der Waals surface area contributed by atoms with Crippen molar-refractivity contribution in [2.75, 3.05) is 6.67 Å². The predicted octanol–water partition coefficient (Wildman–Crippen LogP) is 1.46. The molecule has 0 N–H and O–H groups in total. The quantitative estimate of drug-likeness (QED) is 0.467. The fraction of sp³-hybridized carbons (Fsp3) is 0.250. The van der Waals surface area contributed by atoms with Crippen molar-refractivity contribution in [1.29, 1.82) is 0 Å². The molecule has 0 aliphatic rings. The molecular weight excluding hydrogens is 256 g/mol. The van der Waals surface area contributed by atoms with E-state index in [-0.39, 0.29) is 56.3 Å². The minimum absolute atomic E-state index is 0. The average molecular weight is 262 g/mol. The molecule has 0 fully saturated rings. The van der Waals surface area contributed by atoms with Crippen LogP contribution in [0.4, 0.5) is 13.2 Å². The van der Waals surface area contributed by atoms with E-state index in [9.17, 15) is 22.8 Å². The minimum atomic E-state index is -4.25. The van der Waals surface area contributed by atoms with Crippen LogP contribution in [0.15, 0.2) is 17.5 Å². The summed E-state index contributed by atoms with van der Waals surface area (Å²) >= 11 is 0.782. The zero-order valence-electron chi connectivity index (χ0n) is 6.80. The Hall–Kier alpha value is 0.466. The van der Waals surface area contributed by atoms with Gasteiger partial charge in [0, 0.05) is 0 Å². The normalized spacial score (nSPS) is 10.6. The number of carbonyl (C=O) groups is 2. The Morgan fingerprint density at radius 1 is 1.40 bits per heavy atom. The van der Waals surface area contributed by atoms with Crippen LogP contribution in [0.2, 0.25) is 0 Å². The van der Waals surface area contributed by atoms with E-state index in [0.717, 1.165) is 17.4 Å². The molecule has 7 heteroatoms. The second-order valence-corrected chi connectivity index (χ2v) is 3.39. The Bertz CT molecular complexity index is 351. The van der Waals surface area contributed by atoms with Crippen molar-refractivity contribution in [2.24, 2.45) is 0 Å². The zero-order chi connectivity index (χ0) is 10.8. The van der Waals surface area contributed by atoms with Crippen molar-refractivity contribution >= 4 is 74.3 Å². The molecule has 1 aromatic rings. The Kier molecular flexibility index (Phi) is 6.46. The van der Waals surface area contributed by atoms with E-state index < -0.39 is 24.2 Å². The van der Waals surface area contributed by atoms with Gasteiger partial charge in [0.15, 0.2) is 6.67 Å². The Morgan fingerprint density at radius 2 is 2.00 bits per heavy atom. The molecule has 15 heavy (non-hydrogen) atoms. The molecule has 0 aromatic carbocycles. The van der Waals surface area contributed by atoms with Crippen LogP contribution in [0.1, 0.15) is 9.67 Å². The third-order valence-corrected chi connectivity index (χ3v) is 2.37. The fourth-order valence-corrected chi connectivity index (χ4v) is 1.47. The molecule has 0 aliphatic heterocycles. The van der Waals surface area contributed by atoms with Gasteiger partial charge in [0.25, 0.3) is 0 Å². The summed E-state index contributed by atoms with van der Waals surface area (Å²) < 4.78 is 37.4. The molecule has 0 saturated carbocycles. The van der Waals surface area contributed by atoms with E-state index in [1.165, 1.54) is 11.4 Å². The molecule has 1 aromatic heterocycles. The van der Waals surface area contributed by atoms with Crippen molar-refractivity contribution in [3.63, 3.8) is 0 Å². The second-order valence-electron chi connectivity index (χ2n) is 2.44. The Balaban J connectivity index is 0.00000196. The van der Waals surface area contributed by atoms with Gasteiger partial charge in [-0.15, -0.1) is 11.3 Å². The van der Waals surface area contributed by atoms with Gasteiger partial charge in [-0.25, -0.2) is 4.39 Å². The summed E-state index contributed by atoms with van der Waals surface area (Å²) in [4.78, 5) is 21.2. The van der Waals surface area contributed by atoms with Gasteiger partial charge < -0.3 is 0 Å². The van der Waals surface area contributed by atoms with Crippen LogP contribution in [-0.2, 0) is 4.79 Å². The molecule has 1 rings (SSSR count). The predicted molar refractivity (Wildman–Crippen MR) is 51.7 cm³/mol. The van der Waals surface area contributed by atoms with Gasteiger partial charge in [0.2, 0.25) is 11.6 Å². The molecule has 0 radical (unpaired) electrons. The molecular formula is C8H6F3KO2S. The number of thiophene rings is 1. The van der Waals surface area contributed by atoms with E-state index in [1.807, 2.05) is 0 Å². The van der Waals surface area contributed by atoms with Gasteiger partial charge in [0.05, 0.1) is 4.88 Å². The molecule has 0 atom stereocenters. The van der Waals surface area contributed by atoms with Gasteiger partial charge in [0.1, 0.15) is 0 Å². The van der Waals surface area contributed by atoms with Gasteiger partial charge >= 0.3 is 57.3 Å². The molecule has 78 valence electrons. The van der Waals surface area contributed by atoms with E-state index in [0.29, 0.717) is 0 Å². The van der Waals surface area contributed by atoms with Crippen molar-refractivity contribution in [3.8, 4) is 0 Å². The molecule has 0 spiro atoms. The van der Waals surface area contributed by atoms with Gasteiger partial charge in [-0.05, 0) is 11.4 Å². The van der Waals surface area contributed by atoms with E-state index in [4.69, 9.17) is 0 Å². The van der Waals surface area contributed by atoms with Gasteiger partial charge in [-0.2, -0.15) is 8.78 Å². The van der Waals surface area contributed by atoms with Crippen molar-refractivity contribution in [2.45, 2.75) is 5.92 Å². The number of carbonyl (C=O) groups excluding carboxylic acids is 2. The zero-order valence-corrected chi connectivity index (χ0v) is 7.61. The van der Waals surface area contributed by atoms with Crippen LogP contribution < -0.4 is 0 Å². The Morgan fingerprint density at radius 3 is 2.40 bits per heavy atom. The maximum atomic E-state index is 12.8. The maximum absolute atomic E-state index is 12.8. The van der Waals surface area contributed by atoms with Gasteiger partial charge in [-0.1, -0.05) is 6.07 Å². The monoisotopic (exact) mass is 262 g/mol. The fourth-order valence-electron chi connectivity index (χ4n) is 0.773. The van der Waals surface area contributed by atoms with Crippen LogP contribution in [0, 0.1) is 0 Å². The third kappa shape index (κ3) is 3.47. The summed E-state index contributed by atoms with van der Waals surface area (Å²) in [6.07, 6.45) is 0. The Labute approximate surface area is 130 Å².